The number of ether oxygens (including phenoxy) is 2. The molecular formula is C18H15F2N3O5S. The molecule has 152 valence electrons. The first-order chi connectivity index (χ1) is 13.8. The highest BCUT2D eigenvalue weighted by Gasteiger charge is 2.24. The summed E-state index contributed by atoms with van der Waals surface area (Å²) in [6.07, 6.45) is -0.280. The number of nitrogens with zero attached hydrogens (tertiary/aromatic N) is 2. The first kappa shape index (κ1) is 20.4. The summed E-state index contributed by atoms with van der Waals surface area (Å²) in [6, 6.07) is 8.64. The van der Waals surface area contributed by atoms with Crippen LogP contribution < -0.4 is 14.2 Å². The van der Waals surface area contributed by atoms with Gasteiger partial charge in [-0.15, -0.1) is 0 Å². The third-order valence-corrected chi connectivity index (χ3v) is 5.17. The van der Waals surface area contributed by atoms with Gasteiger partial charge in [0.15, 0.2) is 5.75 Å². The lowest BCUT2D eigenvalue weighted by Crippen LogP contribution is -2.31. The van der Waals surface area contributed by atoms with Gasteiger partial charge in [-0.2, -0.15) is 0 Å². The van der Waals surface area contributed by atoms with Crippen molar-refractivity contribution in [2.75, 3.05) is 13.7 Å². The molecule has 2 heterocycles. The largest absolute Gasteiger partial charge is 0.485 e. The molecule has 2 aromatic heterocycles. The molecule has 1 aromatic carbocycles. The summed E-state index contributed by atoms with van der Waals surface area (Å²) in [7, 11) is -3.03. The molecule has 1 N–H and O–H groups in total. The molecule has 3 rings (SSSR count). The molecule has 0 fully saturated rings. The fourth-order valence-corrected chi connectivity index (χ4v) is 3.71. The van der Waals surface area contributed by atoms with Crippen molar-refractivity contribution in [1.29, 1.82) is 0 Å². The molecule has 0 aliphatic rings. The van der Waals surface area contributed by atoms with Crippen LogP contribution in [0.15, 0.2) is 53.7 Å². The van der Waals surface area contributed by atoms with E-state index in [4.69, 9.17) is 9.47 Å². The average molecular weight is 423 g/mol. The molecule has 0 saturated carbocycles. The lowest BCUT2D eigenvalue weighted by molar-refractivity contribution is 0.0796. The van der Waals surface area contributed by atoms with E-state index in [1.807, 2.05) is 4.72 Å². The van der Waals surface area contributed by atoms with Gasteiger partial charge in [-0.25, -0.2) is 26.9 Å². The number of aromatic nitrogens is 2. The van der Waals surface area contributed by atoms with Crippen LogP contribution in [0.1, 0.15) is 10.4 Å². The number of nitrogens with one attached hydrogen (secondary N) is 1. The van der Waals surface area contributed by atoms with Crippen molar-refractivity contribution >= 4 is 26.8 Å². The zero-order valence-corrected chi connectivity index (χ0v) is 15.8. The summed E-state index contributed by atoms with van der Waals surface area (Å²) in [4.78, 5) is 20.3. The summed E-state index contributed by atoms with van der Waals surface area (Å²) < 4.78 is 62.2. The number of carbonyl (C=O) groups excluding carboxylic acids is 1. The molecule has 0 radical (unpaired) electrons. The van der Waals surface area contributed by atoms with E-state index in [0.29, 0.717) is 10.9 Å². The lowest BCUT2D eigenvalue weighted by atomic mass is 10.2. The van der Waals surface area contributed by atoms with E-state index >= 15 is 0 Å². The molecular weight excluding hydrogens is 408 g/mol. The predicted octanol–water partition coefficient (Wildman–Crippen LogP) is 2.40. The summed E-state index contributed by atoms with van der Waals surface area (Å²) in [6.45, 7) is -0.990. The van der Waals surface area contributed by atoms with Crippen LogP contribution in [0.3, 0.4) is 0 Å². The number of fused-ring (bicyclic) bond motifs is 1. The molecule has 0 atom stereocenters. The number of sulfonamides is 1. The van der Waals surface area contributed by atoms with Crippen molar-refractivity contribution in [3.05, 3.63) is 54.4 Å². The Morgan fingerprint density at radius 3 is 2.72 bits per heavy atom. The van der Waals surface area contributed by atoms with E-state index in [-0.39, 0.29) is 22.1 Å². The number of methoxy groups -OCH3 is 1. The Hall–Kier alpha value is -3.34. The van der Waals surface area contributed by atoms with Crippen LogP contribution in [0.4, 0.5) is 8.78 Å². The number of benzene rings is 1. The molecule has 0 saturated heterocycles. The topological polar surface area (TPSA) is 107 Å². The number of amides is 1. The number of rotatable bonds is 7. The maximum atomic E-state index is 12.8. The lowest BCUT2D eigenvalue weighted by Gasteiger charge is -2.13. The van der Waals surface area contributed by atoms with E-state index in [1.54, 1.807) is 18.2 Å². The molecule has 11 heteroatoms. The monoisotopic (exact) mass is 423 g/mol. The molecule has 3 aromatic rings. The van der Waals surface area contributed by atoms with Gasteiger partial charge < -0.3 is 9.47 Å². The third kappa shape index (κ3) is 4.57. The molecule has 0 unspecified atom stereocenters. The quantitative estimate of drug-likeness (QED) is 0.622. The number of hydrogen-bond acceptors (Lipinski definition) is 7. The van der Waals surface area contributed by atoms with Crippen molar-refractivity contribution in [2.45, 2.75) is 11.3 Å². The summed E-state index contributed by atoms with van der Waals surface area (Å²) in [5.74, 6) is -1.42. The number of hydrogen-bond donors (Lipinski definition) is 1. The van der Waals surface area contributed by atoms with Crippen LogP contribution in [0.5, 0.6) is 11.6 Å². The number of halogens is 2. The second-order valence-electron chi connectivity index (χ2n) is 5.69. The summed E-state index contributed by atoms with van der Waals surface area (Å²) >= 11 is 0. The van der Waals surface area contributed by atoms with E-state index in [9.17, 15) is 22.0 Å². The van der Waals surface area contributed by atoms with Crippen LogP contribution in [0.25, 0.3) is 10.9 Å². The Kier molecular flexibility index (Phi) is 5.87. The summed E-state index contributed by atoms with van der Waals surface area (Å²) in [5.41, 5.74) is 0.105. The zero-order valence-electron chi connectivity index (χ0n) is 15.0. The highest BCUT2D eigenvalue weighted by atomic mass is 32.2. The molecule has 0 spiro atoms. The standard InChI is InChI=1S/C18H15F2N3O5S/c1-27-17-8-12(14(9-22-17)28-10-16(19)20)18(24)23-29(25,26)15-6-2-5-13-11(15)4-3-7-21-13/h2-9,16H,10H2,1H3,(H,23,24). The van der Waals surface area contributed by atoms with E-state index in [0.717, 1.165) is 12.3 Å². The van der Waals surface area contributed by atoms with Crippen molar-refractivity contribution in [3.63, 3.8) is 0 Å². The number of carbonyl (C=O) groups is 1. The number of alkyl halides is 2. The van der Waals surface area contributed by atoms with Crippen LogP contribution in [-0.2, 0) is 10.0 Å². The molecule has 1 amide bonds. The summed E-state index contributed by atoms with van der Waals surface area (Å²) in [5, 5.41) is 0.316. The maximum Gasteiger partial charge on any atom is 0.272 e. The van der Waals surface area contributed by atoms with Crippen LogP contribution in [0, 0.1) is 0 Å². The van der Waals surface area contributed by atoms with Gasteiger partial charge in [-0.3, -0.25) is 9.78 Å². The second-order valence-corrected chi connectivity index (χ2v) is 7.34. The van der Waals surface area contributed by atoms with Crippen LogP contribution in [-0.4, -0.2) is 44.4 Å². The normalized spacial score (nSPS) is 11.4. The fourth-order valence-electron chi connectivity index (χ4n) is 2.52. The Balaban J connectivity index is 1.96. The van der Waals surface area contributed by atoms with Crippen LogP contribution in [0.2, 0.25) is 0 Å². The number of pyridine rings is 2. The van der Waals surface area contributed by atoms with Gasteiger partial charge in [0.2, 0.25) is 5.88 Å². The molecule has 0 aliphatic carbocycles. The van der Waals surface area contributed by atoms with Gasteiger partial charge in [0.1, 0.15) is 6.61 Å². The smallest absolute Gasteiger partial charge is 0.272 e. The van der Waals surface area contributed by atoms with Gasteiger partial charge in [-0.1, -0.05) is 6.07 Å². The molecule has 8 nitrogen and oxygen atoms in total. The van der Waals surface area contributed by atoms with Crippen molar-refractivity contribution in [3.8, 4) is 11.6 Å². The van der Waals surface area contributed by atoms with Gasteiger partial charge >= 0.3 is 0 Å². The second kappa shape index (κ2) is 8.35. The van der Waals surface area contributed by atoms with E-state index in [1.165, 1.54) is 25.4 Å². The Bertz CT molecular complexity index is 1150. The van der Waals surface area contributed by atoms with Gasteiger partial charge in [0, 0.05) is 17.6 Å². The van der Waals surface area contributed by atoms with Crippen LogP contribution >= 0.6 is 0 Å². The Labute approximate surface area is 164 Å². The fraction of sp³-hybridized carbons (Fsp3) is 0.167. The molecule has 0 aliphatic heterocycles. The van der Waals surface area contributed by atoms with Gasteiger partial charge in [0.25, 0.3) is 22.4 Å². The zero-order chi connectivity index (χ0) is 21.0. The predicted molar refractivity (Wildman–Crippen MR) is 98.7 cm³/mol. The molecule has 29 heavy (non-hydrogen) atoms. The SMILES string of the molecule is COc1cc(C(=O)NS(=O)(=O)c2cccc3ncccc23)c(OCC(F)F)cn1. The third-order valence-electron chi connectivity index (χ3n) is 3.78. The van der Waals surface area contributed by atoms with Gasteiger partial charge in [-0.05, 0) is 24.3 Å². The van der Waals surface area contributed by atoms with Crippen molar-refractivity contribution < 1.29 is 31.5 Å². The van der Waals surface area contributed by atoms with Crippen molar-refractivity contribution in [2.24, 2.45) is 0 Å². The Morgan fingerprint density at radius 2 is 2.00 bits per heavy atom. The minimum absolute atomic E-state index is 0.0219. The maximum absolute atomic E-state index is 12.8. The highest BCUT2D eigenvalue weighted by molar-refractivity contribution is 7.90. The average Bonchev–Trinajstić information content (AvgIpc) is 2.71. The minimum atomic E-state index is -4.31. The van der Waals surface area contributed by atoms with Crippen molar-refractivity contribution in [1.82, 2.24) is 14.7 Å². The highest BCUT2D eigenvalue weighted by Crippen LogP contribution is 2.25. The minimum Gasteiger partial charge on any atom is -0.485 e. The first-order valence-electron chi connectivity index (χ1n) is 8.17. The van der Waals surface area contributed by atoms with E-state index < -0.39 is 29.0 Å². The first-order valence-corrected chi connectivity index (χ1v) is 9.66. The van der Waals surface area contributed by atoms with Gasteiger partial charge in [0.05, 0.1) is 29.3 Å². The Morgan fingerprint density at radius 1 is 1.21 bits per heavy atom. The van der Waals surface area contributed by atoms with E-state index in [2.05, 4.69) is 9.97 Å². The molecule has 0 bridgehead atoms.